The minimum atomic E-state index is -0.506. The van der Waals surface area contributed by atoms with Gasteiger partial charge in [0.1, 0.15) is 0 Å². The Hall–Kier alpha value is -3.15. The summed E-state index contributed by atoms with van der Waals surface area (Å²) in [6, 6.07) is 12.4. The summed E-state index contributed by atoms with van der Waals surface area (Å²) in [6.45, 7) is 1.44. The molecule has 144 valence electrons. The molecule has 0 unspecified atom stereocenters. The van der Waals surface area contributed by atoms with Gasteiger partial charge in [-0.2, -0.15) is 0 Å². The van der Waals surface area contributed by atoms with Crippen LogP contribution in [-0.4, -0.2) is 30.4 Å². The van der Waals surface area contributed by atoms with Gasteiger partial charge >= 0.3 is 5.97 Å². The third kappa shape index (κ3) is 3.50. The van der Waals surface area contributed by atoms with E-state index in [0.29, 0.717) is 16.9 Å². The van der Waals surface area contributed by atoms with E-state index in [1.54, 1.807) is 30.3 Å². The minimum Gasteiger partial charge on any atom is -0.452 e. The fraction of sp³-hybridized carbons (Fsp3) is 0.318. The van der Waals surface area contributed by atoms with E-state index in [9.17, 15) is 14.4 Å². The van der Waals surface area contributed by atoms with Gasteiger partial charge in [-0.15, -0.1) is 0 Å². The molecule has 2 aromatic carbocycles. The van der Waals surface area contributed by atoms with E-state index in [-0.39, 0.29) is 30.9 Å². The molecule has 1 N–H and O–H groups in total. The van der Waals surface area contributed by atoms with Crippen LogP contribution in [0.5, 0.6) is 0 Å². The number of fused-ring (bicyclic) bond motifs is 2. The van der Waals surface area contributed by atoms with Crippen molar-refractivity contribution in [3.8, 4) is 0 Å². The fourth-order valence-corrected chi connectivity index (χ4v) is 3.95. The van der Waals surface area contributed by atoms with Gasteiger partial charge in [0.05, 0.1) is 16.9 Å². The van der Waals surface area contributed by atoms with Crippen molar-refractivity contribution in [1.82, 2.24) is 0 Å². The molecule has 0 fully saturated rings. The van der Waals surface area contributed by atoms with Gasteiger partial charge in [0.25, 0.3) is 5.91 Å². The summed E-state index contributed by atoms with van der Waals surface area (Å²) in [7, 11) is 0. The van der Waals surface area contributed by atoms with Gasteiger partial charge in [-0.25, -0.2) is 4.79 Å². The molecule has 0 aromatic heterocycles. The summed E-state index contributed by atoms with van der Waals surface area (Å²) in [6.07, 6.45) is 3.30. The number of carbonyl (C=O) groups is 3. The molecule has 6 nitrogen and oxygen atoms in total. The SMILES string of the molecule is C[C@H]1CC(=O)Nc2ccccc2N1C(=O)COC(=O)c1ccc2c(c1)CCC2. The van der Waals surface area contributed by atoms with Gasteiger partial charge in [-0.3, -0.25) is 9.59 Å². The summed E-state index contributed by atoms with van der Waals surface area (Å²) in [5, 5.41) is 2.81. The van der Waals surface area contributed by atoms with Crippen LogP contribution in [0.15, 0.2) is 42.5 Å². The molecule has 1 heterocycles. The monoisotopic (exact) mass is 378 g/mol. The zero-order valence-corrected chi connectivity index (χ0v) is 15.7. The van der Waals surface area contributed by atoms with Crippen LogP contribution in [0.3, 0.4) is 0 Å². The molecule has 0 saturated carbocycles. The van der Waals surface area contributed by atoms with Crippen molar-refractivity contribution in [1.29, 1.82) is 0 Å². The second-order valence-corrected chi connectivity index (χ2v) is 7.30. The zero-order chi connectivity index (χ0) is 19.7. The van der Waals surface area contributed by atoms with Gasteiger partial charge in [-0.1, -0.05) is 18.2 Å². The number of amides is 2. The lowest BCUT2D eigenvalue weighted by molar-refractivity contribution is -0.122. The van der Waals surface area contributed by atoms with E-state index in [2.05, 4.69) is 5.32 Å². The number of nitrogens with one attached hydrogen (secondary N) is 1. The molecule has 1 atom stereocenters. The Morgan fingerprint density at radius 2 is 1.93 bits per heavy atom. The van der Waals surface area contributed by atoms with E-state index < -0.39 is 5.97 Å². The number of anilines is 2. The number of hydrogen-bond donors (Lipinski definition) is 1. The lowest BCUT2D eigenvalue weighted by Crippen LogP contribution is -2.41. The van der Waals surface area contributed by atoms with Crippen LogP contribution in [0.4, 0.5) is 11.4 Å². The van der Waals surface area contributed by atoms with Crippen molar-refractivity contribution in [3.63, 3.8) is 0 Å². The molecule has 0 bridgehead atoms. The Balaban J connectivity index is 1.48. The van der Waals surface area contributed by atoms with Crippen molar-refractivity contribution in [2.45, 2.75) is 38.6 Å². The molecule has 1 aliphatic carbocycles. The molecule has 28 heavy (non-hydrogen) atoms. The first-order chi connectivity index (χ1) is 13.5. The maximum Gasteiger partial charge on any atom is 0.338 e. The van der Waals surface area contributed by atoms with Crippen LogP contribution in [0.1, 0.15) is 41.3 Å². The second-order valence-electron chi connectivity index (χ2n) is 7.30. The van der Waals surface area contributed by atoms with E-state index in [1.807, 2.05) is 19.1 Å². The second kappa shape index (κ2) is 7.46. The molecule has 1 aliphatic heterocycles. The van der Waals surface area contributed by atoms with Crippen LogP contribution in [-0.2, 0) is 27.2 Å². The lowest BCUT2D eigenvalue weighted by Gasteiger charge is -2.27. The first-order valence-corrected chi connectivity index (χ1v) is 9.53. The summed E-state index contributed by atoms with van der Waals surface area (Å²) < 4.78 is 5.30. The number of aryl methyl sites for hydroxylation is 2. The zero-order valence-electron chi connectivity index (χ0n) is 15.7. The van der Waals surface area contributed by atoms with Crippen LogP contribution in [0, 0.1) is 0 Å². The lowest BCUT2D eigenvalue weighted by atomic mass is 10.1. The molecule has 2 amide bonds. The number of ether oxygens (including phenoxy) is 1. The Kier molecular flexibility index (Phi) is 4.86. The predicted molar refractivity (Wildman–Crippen MR) is 105 cm³/mol. The molecular weight excluding hydrogens is 356 g/mol. The fourth-order valence-electron chi connectivity index (χ4n) is 3.95. The Morgan fingerprint density at radius 3 is 2.79 bits per heavy atom. The smallest absolute Gasteiger partial charge is 0.338 e. The molecule has 0 spiro atoms. The molecule has 4 rings (SSSR count). The largest absolute Gasteiger partial charge is 0.452 e. The van der Waals surface area contributed by atoms with Crippen LogP contribution < -0.4 is 10.2 Å². The van der Waals surface area contributed by atoms with Gasteiger partial charge < -0.3 is 15.0 Å². The van der Waals surface area contributed by atoms with Crippen molar-refractivity contribution in [2.75, 3.05) is 16.8 Å². The van der Waals surface area contributed by atoms with Gasteiger partial charge in [-0.05, 0) is 61.6 Å². The van der Waals surface area contributed by atoms with Crippen molar-refractivity contribution in [3.05, 3.63) is 59.2 Å². The normalized spacial score (nSPS) is 18.0. The number of benzene rings is 2. The third-order valence-electron chi connectivity index (χ3n) is 5.29. The number of esters is 1. The van der Waals surface area contributed by atoms with Crippen molar-refractivity contribution < 1.29 is 19.1 Å². The number of rotatable bonds is 3. The average molecular weight is 378 g/mol. The van der Waals surface area contributed by atoms with Gasteiger partial charge in [0.2, 0.25) is 5.91 Å². The number of carbonyl (C=O) groups excluding carboxylic acids is 3. The van der Waals surface area contributed by atoms with E-state index in [1.165, 1.54) is 16.0 Å². The third-order valence-corrected chi connectivity index (χ3v) is 5.29. The van der Waals surface area contributed by atoms with E-state index in [4.69, 9.17) is 4.74 Å². The Labute approximate surface area is 163 Å². The molecular formula is C22H22N2O4. The Bertz CT molecular complexity index is 953. The van der Waals surface area contributed by atoms with E-state index >= 15 is 0 Å². The summed E-state index contributed by atoms with van der Waals surface area (Å²) in [5.74, 6) is -1.01. The summed E-state index contributed by atoms with van der Waals surface area (Å²) in [5.41, 5.74) is 4.12. The number of para-hydroxylation sites is 2. The van der Waals surface area contributed by atoms with E-state index in [0.717, 1.165) is 19.3 Å². The highest BCUT2D eigenvalue weighted by molar-refractivity contribution is 6.05. The Morgan fingerprint density at radius 1 is 1.14 bits per heavy atom. The molecule has 2 aromatic rings. The first kappa shape index (κ1) is 18.2. The minimum absolute atomic E-state index is 0.148. The maximum absolute atomic E-state index is 12.9. The maximum atomic E-state index is 12.9. The molecule has 2 aliphatic rings. The highest BCUT2D eigenvalue weighted by Gasteiger charge is 2.30. The van der Waals surface area contributed by atoms with Crippen molar-refractivity contribution in [2.24, 2.45) is 0 Å². The van der Waals surface area contributed by atoms with Crippen LogP contribution in [0.25, 0.3) is 0 Å². The predicted octanol–water partition coefficient (Wildman–Crippen LogP) is 3.10. The van der Waals surface area contributed by atoms with Crippen LogP contribution in [0.2, 0.25) is 0 Å². The highest BCUT2D eigenvalue weighted by atomic mass is 16.5. The van der Waals surface area contributed by atoms with Crippen molar-refractivity contribution >= 4 is 29.2 Å². The summed E-state index contributed by atoms with van der Waals surface area (Å²) in [4.78, 5) is 38.8. The molecule has 0 saturated heterocycles. The standard InChI is InChI=1S/C22H22N2O4/c1-14-11-20(25)23-18-7-2-3-8-19(18)24(14)21(26)13-28-22(27)17-10-9-15-5-4-6-16(15)12-17/h2-3,7-10,12,14H,4-6,11,13H2,1H3,(H,23,25)/t14-/m0/s1. The first-order valence-electron chi connectivity index (χ1n) is 9.53. The quantitative estimate of drug-likeness (QED) is 0.833. The highest BCUT2D eigenvalue weighted by Crippen LogP contribution is 2.31. The molecule has 6 heteroatoms. The van der Waals surface area contributed by atoms with Crippen LogP contribution >= 0.6 is 0 Å². The topological polar surface area (TPSA) is 75.7 Å². The average Bonchev–Trinajstić information content (AvgIpc) is 3.10. The summed E-state index contributed by atoms with van der Waals surface area (Å²) >= 11 is 0. The molecule has 0 radical (unpaired) electrons. The number of hydrogen-bond acceptors (Lipinski definition) is 4. The van der Waals surface area contributed by atoms with Gasteiger partial charge in [0, 0.05) is 12.5 Å². The number of nitrogens with zero attached hydrogens (tertiary/aromatic N) is 1. The van der Waals surface area contributed by atoms with Gasteiger partial charge in [0.15, 0.2) is 6.61 Å².